The average Bonchev–Trinajstić information content (AvgIpc) is 2.56. The van der Waals surface area contributed by atoms with E-state index < -0.39 is 9.84 Å². The maximum atomic E-state index is 10.9. The molecule has 0 bridgehead atoms. The van der Waals surface area contributed by atoms with E-state index in [-0.39, 0.29) is 0 Å². The molecule has 16 heavy (non-hydrogen) atoms. The zero-order chi connectivity index (χ0) is 11.8. The van der Waals surface area contributed by atoms with Crippen molar-refractivity contribution in [2.24, 2.45) is 7.05 Å². The van der Waals surface area contributed by atoms with Gasteiger partial charge in [-0.25, -0.2) is 8.42 Å². The van der Waals surface area contributed by atoms with Crippen LogP contribution in [0.1, 0.15) is 5.56 Å². The Balaban J connectivity index is 2.54. The summed E-state index contributed by atoms with van der Waals surface area (Å²) < 4.78 is 23.8. The lowest BCUT2D eigenvalue weighted by atomic mass is 10.2. The molecular weight excluding hydrogens is 222 g/mol. The molecule has 1 aromatic carbocycles. The van der Waals surface area contributed by atoms with Gasteiger partial charge >= 0.3 is 0 Å². The first-order valence-corrected chi connectivity index (χ1v) is 6.63. The maximum absolute atomic E-state index is 10.9. The standard InChI is InChI=1S/C12H11NO2S/c1-13-7-5-11-4-3-10(9-12(11)13)6-8-16(2,14)15/h3-5,7,9H,1-2H3. The SMILES string of the molecule is Cn1ccc2ccc(C#CS(C)(=O)=O)cc21. The summed E-state index contributed by atoms with van der Waals surface area (Å²) in [6, 6.07) is 7.64. The van der Waals surface area contributed by atoms with E-state index in [1.54, 1.807) is 0 Å². The van der Waals surface area contributed by atoms with Crippen molar-refractivity contribution in [3.63, 3.8) is 0 Å². The first-order chi connectivity index (χ1) is 7.46. The summed E-state index contributed by atoms with van der Waals surface area (Å²) >= 11 is 0. The van der Waals surface area contributed by atoms with Crippen LogP contribution in [0.25, 0.3) is 10.9 Å². The highest BCUT2D eigenvalue weighted by Gasteiger charge is 1.98. The summed E-state index contributed by atoms with van der Waals surface area (Å²) in [6.07, 6.45) is 3.06. The fourth-order valence-electron chi connectivity index (χ4n) is 1.49. The van der Waals surface area contributed by atoms with Crippen LogP contribution in [-0.2, 0) is 16.9 Å². The number of aromatic nitrogens is 1. The van der Waals surface area contributed by atoms with E-state index in [4.69, 9.17) is 0 Å². The number of benzene rings is 1. The lowest BCUT2D eigenvalue weighted by Crippen LogP contribution is -1.89. The number of hydrogen-bond acceptors (Lipinski definition) is 2. The van der Waals surface area contributed by atoms with Crippen molar-refractivity contribution in [3.05, 3.63) is 36.0 Å². The molecule has 0 aliphatic rings. The summed E-state index contributed by atoms with van der Waals surface area (Å²) in [5.41, 5.74) is 1.75. The fraction of sp³-hybridized carbons (Fsp3) is 0.167. The highest BCUT2D eigenvalue weighted by Crippen LogP contribution is 2.15. The highest BCUT2D eigenvalue weighted by atomic mass is 32.2. The van der Waals surface area contributed by atoms with Crippen LogP contribution in [0.3, 0.4) is 0 Å². The zero-order valence-electron chi connectivity index (χ0n) is 9.06. The van der Waals surface area contributed by atoms with E-state index in [1.807, 2.05) is 42.1 Å². The molecule has 3 nitrogen and oxygen atoms in total. The predicted molar refractivity (Wildman–Crippen MR) is 64.6 cm³/mol. The summed E-state index contributed by atoms with van der Waals surface area (Å²) in [6.45, 7) is 0. The minimum atomic E-state index is -3.24. The Bertz CT molecular complexity index is 699. The fourth-order valence-corrected chi connectivity index (χ4v) is 1.80. The molecular formula is C12H11NO2S. The maximum Gasteiger partial charge on any atom is 0.214 e. The molecule has 0 aliphatic heterocycles. The molecule has 4 heteroatoms. The zero-order valence-corrected chi connectivity index (χ0v) is 9.88. The number of aryl methyl sites for hydroxylation is 1. The Labute approximate surface area is 94.6 Å². The Morgan fingerprint density at radius 1 is 1.25 bits per heavy atom. The van der Waals surface area contributed by atoms with E-state index in [0.29, 0.717) is 5.56 Å². The first kappa shape index (κ1) is 10.8. The smallest absolute Gasteiger partial charge is 0.214 e. The van der Waals surface area contributed by atoms with Crippen LogP contribution in [0.5, 0.6) is 0 Å². The summed E-state index contributed by atoms with van der Waals surface area (Å²) in [5, 5.41) is 3.35. The van der Waals surface area contributed by atoms with Crippen LogP contribution < -0.4 is 0 Å². The molecule has 82 valence electrons. The third-order valence-electron chi connectivity index (χ3n) is 2.27. The number of rotatable bonds is 0. The molecule has 2 rings (SSSR count). The second-order valence-electron chi connectivity index (χ2n) is 3.70. The summed E-state index contributed by atoms with van der Waals surface area (Å²) in [7, 11) is -1.30. The van der Waals surface area contributed by atoms with Crippen LogP contribution in [0.4, 0.5) is 0 Å². The predicted octanol–water partition coefficient (Wildman–Crippen LogP) is 1.53. The van der Waals surface area contributed by atoms with Crippen LogP contribution in [-0.4, -0.2) is 19.2 Å². The van der Waals surface area contributed by atoms with E-state index in [9.17, 15) is 8.42 Å². The Morgan fingerprint density at radius 3 is 2.69 bits per heavy atom. The quantitative estimate of drug-likeness (QED) is 0.647. The number of nitrogens with zero attached hydrogens (tertiary/aromatic N) is 1. The molecule has 0 fully saturated rings. The van der Waals surface area contributed by atoms with Gasteiger partial charge in [0.25, 0.3) is 0 Å². The average molecular weight is 233 g/mol. The Hall–Kier alpha value is -1.73. The Morgan fingerprint density at radius 2 is 2.00 bits per heavy atom. The molecule has 0 radical (unpaired) electrons. The number of sulfone groups is 1. The van der Waals surface area contributed by atoms with Crippen LogP contribution >= 0.6 is 0 Å². The lowest BCUT2D eigenvalue weighted by molar-refractivity contribution is 0.611. The molecule has 0 saturated heterocycles. The van der Waals surface area contributed by atoms with Crippen molar-refractivity contribution in [2.45, 2.75) is 0 Å². The van der Waals surface area contributed by atoms with Crippen molar-refractivity contribution in [1.82, 2.24) is 4.57 Å². The van der Waals surface area contributed by atoms with Crippen LogP contribution in [0, 0.1) is 11.2 Å². The van der Waals surface area contributed by atoms with Gasteiger partial charge in [-0.05, 0) is 29.5 Å². The minimum Gasteiger partial charge on any atom is -0.351 e. The summed E-state index contributed by atoms with van der Waals surface area (Å²) in [4.78, 5) is 0. The first-order valence-electron chi connectivity index (χ1n) is 4.73. The van der Waals surface area contributed by atoms with Gasteiger partial charge < -0.3 is 4.57 Å². The topological polar surface area (TPSA) is 39.1 Å². The molecule has 0 saturated carbocycles. The van der Waals surface area contributed by atoms with Crippen LogP contribution in [0.15, 0.2) is 30.5 Å². The van der Waals surface area contributed by atoms with E-state index in [2.05, 4.69) is 11.2 Å². The highest BCUT2D eigenvalue weighted by molar-refractivity contribution is 7.95. The van der Waals surface area contributed by atoms with Crippen molar-refractivity contribution in [1.29, 1.82) is 0 Å². The van der Waals surface area contributed by atoms with Gasteiger partial charge in [0.1, 0.15) is 0 Å². The Kier molecular flexibility index (Phi) is 2.49. The molecule has 0 spiro atoms. The largest absolute Gasteiger partial charge is 0.351 e. The monoisotopic (exact) mass is 233 g/mol. The second-order valence-corrected chi connectivity index (χ2v) is 5.45. The molecule has 0 unspecified atom stereocenters. The van der Waals surface area contributed by atoms with Gasteiger partial charge in [-0.3, -0.25) is 0 Å². The molecule has 0 amide bonds. The summed E-state index contributed by atoms with van der Waals surface area (Å²) in [5.74, 6) is 2.64. The molecule has 0 aliphatic carbocycles. The molecule has 1 heterocycles. The van der Waals surface area contributed by atoms with Gasteiger partial charge in [-0.1, -0.05) is 6.07 Å². The van der Waals surface area contributed by atoms with E-state index in [1.165, 1.54) is 0 Å². The third-order valence-corrected chi connectivity index (χ3v) is 2.74. The van der Waals surface area contributed by atoms with Gasteiger partial charge in [0.2, 0.25) is 9.84 Å². The van der Waals surface area contributed by atoms with Gasteiger partial charge in [-0.15, -0.1) is 0 Å². The molecule has 2 aromatic rings. The number of fused-ring (bicyclic) bond motifs is 1. The second kappa shape index (κ2) is 3.69. The normalized spacial score (nSPS) is 11.1. The molecule has 1 aromatic heterocycles. The van der Waals surface area contributed by atoms with Gasteiger partial charge in [0.05, 0.1) is 6.26 Å². The van der Waals surface area contributed by atoms with Crippen molar-refractivity contribution in [3.8, 4) is 11.2 Å². The minimum absolute atomic E-state index is 0.708. The number of hydrogen-bond donors (Lipinski definition) is 0. The van der Waals surface area contributed by atoms with Gasteiger partial charge in [-0.2, -0.15) is 0 Å². The van der Waals surface area contributed by atoms with Crippen molar-refractivity contribution >= 4 is 20.7 Å². The lowest BCUT2D eigenvalue weighted by Gasteiger charge is -1.96. The van der Waals surface area contributed by atoms with Crippen molar-refractivity contribution in [2.75, 3.05) is 6.26 Å². The van der Waals surface area contributed by atoms with Crippen LogP contribution in [0.2, 0.25) is 0 Å². The van der Waals surface area contributed by atoms with Gasteiger partial charge in [0.15, 0.2) is 0 Å². The van der Waals surface area contributed by atoms with Gasteiger partial charge in [0, 0.05) is 29.6 Å². The van der Waals surface area contributed by atoms with E-state index >= 15 is 0 Å². The third kappa shape index (κ3) is 2.26. The molecule has 0 atom stereocenters. The van der Waals surface area contributed by atoms with E-state index in [0.717, 1.165) is 17.2 Å². The van der Waals surface area contributed by atoms with Crippen molar-refractivity contribution < 1.29 is 8.42 Å². The molecule has 0 N–H and O–H groups in total.